The molecule has 0 spiro atoms. The van der Waals surface area contributed by atoms with Crippen LogP contribution in [0.4, 0.5) is 13.2 Å². The minimum absolute atomic E-state index is 0. The van der Waals surface area contributed by atoms with Crippen molar-refractivity contribution < 1.29 is 18.3 Å². The second kappa shape index (κ2) is 10.7. The number of benzene rings is 2. The molecule has 9 heteroatoms. The van der Waals surface area contributed by atoms with Gasteiger partial charge in [0, 0.05) is 49.7 Å². The second-order valence-corrected chi connectivity index (χ2v) is 8.23. The van der Waals surface area contributed by atoms with Gasteiger partial charge in [-0.1, -0.05) is 29.8 Å². The van der Waals surface area contributed by atoms with E-state index in [-0.39, 0.29) is 43.4 Å². The molecule has 1 fully saturated rings. The van der Waals surface area contributed by atoms with Crippen LogP contribution in [0.15, 0.2) is 42.5 Å². The highest BCUT2D eigenvalue weighted by Gasteiger charge is 2.39. The summed E-state index contributed by atoms with van der Waals surface area (Å²) >= 11 is 6.02. The maximum atomic E-state index is 13.4. The first-order chi connectivity index (χ1) is 13.9. The number of piperazine rings is 1. The second-order valence-electron chi connectivity index (χ2n) is 7.80. The Labute approximate surface area is 198 Å². The van der Waals surface area contributed by atoms with Gasteiger partial charge in [-0.05, 0) is 47.4 Å². The summed E-state index contributed by atoms with van der Waals surface area (Å²) in [6.45, 7) is 3.97. The fraction of sp³-hybridized carbons (Fsp3) is 0.455. The van der Waals surface area contributed by atoms with Gasteiger partial charge in [-0.15, -0.1) is 24.8 Å². The fourth-order valence-corrected chi connectivity index (χ4v) is 4.76. The Balaban J connectivity index is 0.00000171. The van der Waals surface area contributed by atoms with E-state index in [1.54, 1.807) is 6.07 Å². The van der Waals surface area contributed by atoms with Crippen LogP contribution in [0, 0.1) is 0 Å². The molecule has 0 aromatic heterocycles. The number of hydrogen-bond donors (Lipinski definition) is 1. The number of β-amino-alcohol motifs (C(OH)–C–C–N with tert-alkyl or cyclic N) is 1. The van der Waals surface area contributed by atoms with E-state index in [9.17, 15) is 13.2 Å². The van der Waals surface area contributed by atoms with E-state index in [1.165, 1.54) is 12.1 Å². The molecular formula is C22H26Cl3F3N2O. The summed E-state index contributed by atoms with van der Waals surface area (Å²) in [5.74, 6) is 0.0602. The van der Waals surface area contributed by atoms with Crippen LogP contribution < -0.4 is 0 Å². The van der Waals surface area contributed by atoms with Crippen molar-refractivity contribution in [3.63, 3.8) is 0 Å². The SMILES string of the molecule is Cl.Cl.OCCN1CCN([C@@H]2C[C@@H](c3ccc(Cl)cc3)c3ccc(C(F)(F)F)cc32)CC1. The number of alkyl halides is 3. The molecule has 1 aliphatic carbocycles. The lowest BCUT2D eigenvalue weighted by molar-refractivity contribution is -0.137. The third-order valence-corrected chi connectivity index (χ3v) is 6.40. The molecule has 0 bridgehead atoms. The highest BCUT2D eigenvalue weighted by atomic mass is 35.5. The van der Waals surface area contributed by atoms with Crippen LogP contribution in [0.5, 0.6) is 0 Å². The molecule has 172 valence electrons. The van der Waals surface area contributed by atoms with Crippen LogP contribution in [0.3, 0.4) is 0 Å². The van der Waals surface area contributed by atoms with E-state index in [4.69, 9.17) is 16.7 Å². The Morgan fingerprint density at radius 2 is 1.58 bits per heavy atom. The molecule has 0 radical (unpaired) electrons. The summed E-state index contributed by atoms with van der Waals surface area (Å²) in [6, 6.07) is 11.8. The average molecular weight is 498 g/mol. The number of halogens is 6. The molecule has 0 saturated carbocycles. The molecule has 2 aliphatic rings. The quantitative estimate of drug-likeness (QED) is 0.614. The number of hydrogen-bond acceptors (Lipinski definition) is 3. The van der Waals surface area contributed by atoms with Crippen molar-refractivity contribution in [3.05, 3.63) is 69.7 Å². The van der Waals surface area contributed by atoms with E-state index in [0.29, 0.717) is 11.6 Å². The molecule has 2 aromatic carbocycles. The molecule has 3 nitrogen and oxygen atoms in total. The Morgan fingerprint density at radius 3 is 2.16 bits per heavy atom. The Hall–Kier alpha value is -1.02. The van der Waals surface area contributed by atoms with E-state index in [0.717, 1.165) is 49.3 Å². The van der Waals surface area contributed by atoms with Crippen molar-refractivity contribution in [1.29, 1.82) is 0 Å². The zero-order chi connectivity index (χ0) is 20.6. The lowest BCUT2D eigenvalue weighted by Crippen LogP contribution is -2.48. The van der Waals surface area contributed by atoms with Crippen molar-refractivity contribution in [2.45, 2.75) is 24.6 Å². The van der Waals surface area contributed by atoms with Gasteiger partial charge in [0.05, 0.1) is 12.2 Å². The van der Waals surface area contributed by atoms with Gasteiger partial charge >= 0.3 is 6.18 Å². The highest BCUT2D eigenvalue weighted by molar-refractivity contribution is 6.30. The van der Waals surface area contributed by atoms with Crippen LogP contribution in [0.1, 0.15) is 40.6 Å². The molecule has 31 heavy (non-hydrogen) atoms. The monoisotopic (exact) mass is 496 g/mol. The van der Waals surface area contributed by atoms with Crippen LogP contribution in [-0.4, -0.2) is 54.2 Å². The van der Waals surface area contributed by atoms with Crippen LogP contribution in [0.25, 0.3) is 0 Å². The minimum atomic E-state index is -4.35. The van der Waals surface area contributed by atoms with Gasteiger partial charge in [0.25, 0.3) is 0 Å². The molecule has 0 amide bonds. The number of nitrogens with zero attached hydrogens (tertiary/aromatic N) is 2. The standard InChI is InChI=1S/C22H24ClF3N2O.2ClH/c23-17-4-1-15(2-5-17)19-14-21(28-9-7-27(8-10-28)11-12-29)20-13-16(22(24,25)26)3-6-18(19)20;;/h1-6,13,19,21,29H,7-12,14H2;2*1H/t19-,21+;;/m0../s1. The minimum Gasteiger partial charge on any atom is -0.395 e. The molecule has 2 atom stereocenters. The van der Waals surface area contributed by atoms with Crippen molar-refractivity contribution in [3.8, 4) is 0 Å². The number of aliphatic hydroxyl groups excluding tert-OH is 1. The van der Waals surface area contributed by atoms with E-state index in [1.807, 2.05) is 24.3 Å². The molecule has 1 heterocycles. The number of fused-ring (bicyclic) bond motifs is 1. The largest absolute Gasteiger partial charge is 0.416 e. The smallest absolute Gasteiger partial charge is 0.395 e. The van der Waals surface area contributed by atoms with Crippen molar-refractivity contribution in [2.75, 3.05) is 39.3 Å². The van der Waals surface area contributed by atoms with Gasteiger partial charge in [0.1, 0.15) is 0 Å². The summed E-state index contributed by atoms with van der Waals surface area (Å²) in [7, 11) is 0. The molecule has 4 rings (SSSR count). The zero-order valence-electron chi connectivity index (χ0n) is 16.8. The van der Waals surface area contributed by atoms with E-state index >= 15 is 0 Å². The van der Waals surface area contributed by atoms with Gasteiger partial charge in [-0.25, -0.2) is 0 Å². The summed E-state index contributed by atoms with van der Waals surface area (Å²) in [6.07, 6.45) is -3.59. The van der Waals surface area contributed by atoms with Crippen molar-refractivity contribution in [2.24, 2.45) is 0 Å². The van der Waals surface area contributed by atoms with Crippen LogP contribution in [0.2, 0.25) is 5.02 Å². The lowest BCUT2D eigenvalue weighted by Gasteiger charge is -2.38. The van der Waals surface area contributed by atoms with E-state index < -0.39 is 11.7 Å². The third kappa shape index (κ3) is 5.67. The lowest BCUT2D eigenvalue weighted by atomic mass is 9.92. The van der Waals surface area contributed by atoms with E-state index in [2.05, 4.69) is 9.80 Å². The number of aliphatic hydroxyl groups is 1. The third-order valence-electron chi connectivity index (χ3n) is 6.14. The molecule has 1 aliphatic heterocycles. The summed E-state index contributed by atoms with van der Waals surface area (Å²) in [5, 5.41) is 9.79. The molecule has 1 saturated heterocycles. The first kappa shape index (κ1) is 26.2. The van der Waals surface area contributed by atoms with Gasteiger partial charge in [-0.3, -0.25) is 9.80 Å². The van der Waals surface area contributed by atoms with Crippen molar-refractivity contribution in [1.82, 2.24) is 9.80 Å². The highest BCUT2D eigenvalue weighted by Crippen LogP contribution is 2.48. The summed E-state index contributed by atoms with van der Waals surface area (Å²) in [5.41, 5.74) is 2.26. The van der Waals surface area contributed by atoms with Gasteiger partial charge in [-0.2, -0.15) is 13.2 Å². The maximum Gasteiger partial charge on any atom is 0.416 e. The number of rotatable bonds is 4. The Morgan fingerprint density at radius 1 is 0.935 bits per heavy atom. The van der Waals surface area contributed by atoms with Gasteiger partial charge in [0.15, 0.2) is 0 Å². The molecule has 2 aromatic rings. The topological polar surface area (TPSA) is 26.7 Å². The maximum absolute atomic E-state index is 13.4. The summed E-state index contributed by atoms with van der Waals surface area (Å²) < 4.78 is 40.1. The zero-order valence-corrected chi connectivity index (χ0v) is 19.2. The van der Waals surface area contributed by atoms with Gasteiger partial charge < -0.3 is 5.11 Å². The predicted molar refractivity (Wildman–Crippen MR) is 122 cm³/mol. The van der Waals surface area contributed by atoms with Gasteiger partial charge in [0.2, 0.25) is 0 Å². The Kier molecular flexibility index (Phi) is 9.08. The molecule has 1 N–H and O–H groups in total. The van der Waals surface area contributed by atoms with Crippen LogP contribution >= 0.6 is 36.4 Å². The molecular weight excluding hydrogens is 472 g/mol. The molecule has 0 unspecified atom stereocenters. The van der Waals surface area contributed by atoms with Crippen molar-refractivity contribution >= 4 is 36.4 Å². The Bertz CT molecular complexity index is 856. The predicted octanol–water partition coefficient (Wildman–Crippen LogP) is 5.39. The van der Waals surface area contributed by atoms with Crippen LogP contribution in [-0.2, 0) is 6.18 Å². The average Bonchev–Trinajstić information content (AvgIpc) is 3.08. The first-order valence-corrected chi connectivity index (χ1v) is 10.3. The first-order valence-electron chi connectivity index (χ1n) is 9.90. The normalized spacial score (nSPS) is 21.8. The summed E-state index contributed by atoms with van der Waals surface area (Å²) in [4.78, 5) is 4.48. The fourth-order valence-electron chi connectivity index (χ4n) is 4.63.